The molecule has 1 nitrogen and oxygen atoms in total. The van der Waals surface area contributed by atoms with Gasteiger partial charge in [-0.1, -0.05) is 12.1 Å². The molecule has 0 aliphatic carbocycles. The summed E-state index contributed by atoms with van der Waals surface area (Å²) >= 11 is 1.56. The number of hydrogen-bond acceptors (Lipinski definition) is 2. The van der Waals surface area contributed by atoms with Gasteiger partial charge in [-0.2, -0.15) is 24.9 Å². The maximum absolute atomic E-state index is 12.3. The van der Waals surface area contributed by atoms with E-state index in [1.807, 2.05) is 6.26 Å². The highest BCUT2D eigenvalue weighted by Gasteiger charge is 2.30. The van der Waals surface area contributed by atoms with Gasteiger partial charge in [0.15, 0.2) is 0 Å². The van der Waals surface area contributed by atoms with Crippen LogP contribution in [0.5, 0.6) is 0 Å². The van der Waals surface area contributed by atoms with E-state index in [9.17, 15) is 13.2 Å². The molecule has 0 saturated heterocycles. The van der Waals surface area contributed by atoms with Gasteiger partial charge in [0.05, 0.1) is 12.2 Å². The van der Waals surface area contributed by atoms with Crippen molar-refractivity contribution in [3.8, 4) is 0 Å². The van der Waals surface area contributed by atoms with Crippen molar-refractivity contribution in [2.75, 3.05) is 18.6 Å². The fraction of sp³-hybridized carbons (Fsp3) is 0.455. The van der Waals surface area contributed by atoms with Crippen LogP contribution in [0.1, 0.15) is 17.0 Å². The third-order valence-electron chi connectivity index (χ3n) is 2.30. The standard InChI is InChI=1S/C11H13F3OS/c1-16-7-9(6-15)8-2-4-10(5-3-8)11(12,13)14/h2-5,9,15H,6-7H2,1H3. The Hall–Kier alpha value is -0.680. The van der Waals surface area contributed by atoms with Gasteiger partial charge in [-0.05, 0) is 24.0 Å². The summed E-state index contributed by atoms with van der Waals surface area (Å²) in [5, 5.41) is 9.10. The fourth-order valence-corrected chi connectivity index (χ4v) is 2.10. The van der Waals surface area contributed by atoms with Gasteiger partial charge < -0.3 is 5.11 Å². The van der Waals surface area contributed by atoms with Gasteiger partial charge in [-0.15, -0.1) is 0 Å². The van der Waals surface area contributed by atoms with Crippen LogP contribution in [0.25, 0.3) is 0 Å². The van der Waals surface area contributed by atoms with Crippen molar-refractivity contribution in [1.82, 2.24) is 0 Å². The van der Waals surface area contributed by atoms with E-state index >= 15 is 0 Å². The number of aliphatic hydroxyl groups is 1. The van der Waals surface area contributed by atoms with Crippen LogP contribution >= 0.6 is 11.8 Å². The Bertz CT molecular complexity index is 321. The summed E-state index contributed by atoms with van der Waals surface area (Å²) in [6, 6.07) is 4.97. The highest BCUT2D eigenvalue weighted by molar-refractivity contribution is 7.98. The van der Waals surface area contributed by atoms with Crippen LogP contribution in [0.4, 0.5) is 13.2 Å². The first kappa shape index (κ1) is 13.4. The molecule has 1 unspecified atom stereocenters. The Labute approximate surface area is 96.7 Å². The van der Waals surface area contributed by atoms with Gasteiger partial charge in [-0.25, -0.2) is 0 Å². The predicted molar refractivity (Wildman–Crippen MR) is 59.7 cm³/mol. The molecule has 0 saturated carbocycles. The molecule has 0 heterocycles. The van der Waals surface area contributed by atoms with Crippen LogP contribution < -0.4 is 0 Å². The number of thioether (sulfide) groups is 1. The second-order valence-electron chi connectivity index (χ2n) is 3.45. The first-order chi connectivity index (χ1) is 7.49. The lowest BCUT2D eigenvalue weighted by Gasteiger charge is -2.14. The van der Waals surface area contributed by atoms with E-state index in [2.05, 4.69) is 0 Å². The first-order valence-corrected chi connectivity index (χ1v) is 6.15. The molecule has 0 aliphatic heterocycles. The quantitative estimate of drug-likeness (QED) is 0.885. The highest BCUT2D eigenvalue weighted by atomic mass is 32.2. The third-order valence-corrected chi connectivity index (χ3v) is 3.03. The summed E-state index contributed by atoms with van der Waals surface area (Å²) < 4.78 is 36.9. The monoisotopic (exact) mass is 250 g/mol. The van der Waals surface area contributed by atoms with Crippen molar-refractivity contribution in [2.24, 2.45) is 0 Å². The van der Waals surface area contributed by atoms with E-state index in [1.54, 1.807) is 11.8 Å². The molecule has 16 heavy (non-hydrogen) atoms. The number of aliphatic hydroxyl groups excluding tert-OH is 1. The molecular formula is C11H13F3OS. The summed E-state index contributed by atoms with van der Waals surface area (Å²) in [6.07, 6.45) is -2.40. The van der Waals surface area contributed by atoms with Crippen LogP contribution in [0.2, 0.25) is 0 Å². The van der Waals surface area contributed by atoms with Crippen LogP contribution in [-0.2, 0) is 6.18 Å². The third kappa shape index (κ3) is 3.42. The van der Waals surface area contributed by atoms with E-state index in [4.69, 9.17) is 5.11 Å². The van der Waals surface area contributed by atoms with Crippen LogP contribution in [0.3, 0.4) is 0 Å². The molecule has 5 heteroatoms. The number of hydrogen-bond donors (Lipinski definition) is 1. The largest absolute Gasteiger partial charge is 0.416 e. The molecule has 1 N–H and O–H groups in total. The number of rotatable bonds is 4. The van der Waals surface area contributed by atoms with Crippen molar-refractivity contribution in [2.45, 2.75) is 12.1 Å². The zero-order valence-electron chi connectivity index (χ0n) is 8.79. The minimum atomic E-state index is -4.30. The first-order valence-electron chi connectivity index (χ1n) is 4.76. The van der Waals surface area contributed by atoms with Gasteiger partial charge in [-0.3, -0.25) is 0 Å². The van der Waals surface area contributed by atoms with Crippen LogP contribution in [0, 0.1) is 0 Å². The summed E-state index contributed by atoms with van der Waals surface area (Å²) in [5.41, 5.74) is 0.0851. The molecular weight excluding hydrogens is 237 g/mol. The van der Waals surface area contributed by atoms with Gasteiger partial charge in [0.1, 0.15) is 0 Å². The second-order valence-corrected chi connectivity index (χ2v) is 4.37. The molecule has 0 aromatic heterocycles. The Kier molecular flexibility index (Phi) is 4.68. The van der Waals surface area contributed by atoms with Crippen molar-refractivity contribution < 1.29 is 18.3 Å². The van der Waals surface area contributed by atoms with Crippen molar-refractivity contribution in [3.63, 3.8) is 0 Å². The molecule has 0 spiro atoms. The summed E-state index contributed by atoms with van der Waals surface area (Å²) in [6.45, 7) is -0.0494. The Balaban J connectivity index is 2.85. The summed E-state index contributed by atoms with van der Waals surface area (Å²) in [7, 11) is 0. The van der Waals surface area contributed by atoms with E-state index in [0.29, 0.717) is 5.75 Å². The Morgan fingerprint density at radius 3 is 2.19 bits per heavy atom. The maximum atomic E-state index is 12.3. The van der Waals surface area contributed by atoms with Crippen molar-refractivity contribution >= 4 is 11.8 Å². The minimum absolute atomic E-state index is 0.0494. The van der Waals surface area contributed by atoms with E-state index < -0.39 is 11.7 Å². The Morgan fingerprint density at radius 2 is 1.81 bits per heavy atom. The predicted octanol–water partition coefficient (Wildman–Crippen LogP) is 3.14. The minimum Gasteiger partial charge on any atom is -0.396 e. The van der Waals surface area contributed by atoms with Crippen LogP contribution in [0.15, 0.2) is 24.3 Å². The van der Waals surface area contributed by atoms with Crippen molar-refractivity contribution in [3.05, 3.63) is 35.4 Å². The Morgan fingerprint density at radius 1 is 1.25 bits per heavy atom. The maximum Gasteiger partial charge on any atom is 0.416 e. The summed E-state index contributed by atoms with van der Waals surface area (Å²) in [4.78, 5) is 0. The normalized spacial score (nSPS) is 13.8. The number of benzene rings is 1. The average molecular weight is 250 g/mol. The van der Waals surface area contributed by atoms with Gasteiger partial charge in [0.2, 0.25) is 0 Å². The van der Waals surface area contributed by atoms with E-state index in [-0.39, 0.29) is 12.5 Å². The molecule has 0 fully saturated rings. The van der Waals surface area contributed by atoms with Gasteiger partial charge >= 0.3 is 6.18 Å². The molecule has 1 atom stereocenters. The molecule has 0 amide bonds. The zero-order valence-corrected chi connectivity index (χ0v) is 9.61. The van der Waals surface area contributed by atoms with Gasteiger partial charge in [0, 0.05) is 11.7 Å². The molecule has 0 aliphatic rings. The van der Waals surface area contributed by atoms with Crippen LogP contribution in [-0.4, -0.2) is 23.7 Å². The molecule has 1 aromatic rings. The molecule has 0 bridgehead atoms. The molecule has 0 radical (unpaired) electrons. The summed E-state index contributed by atoms with van der Waals surface area (Å²) in [5.74, 6) is 0.597. The second kappa shape index (κ2) is 5.59. The topological polar surface area (TPSA) is 20.2 Å². The lowest BCUT2D eigenvalue weighted by molar-refractivity contribution is -0.137. The average Bonchev–Trinajstić information content (AvgIpc) is 2.25. The van der Waals surface area contributed by atoms with E-state index in [1.165, 1.54) is 12.1 Å². The number of alkyl halides is 3. The number of halogens is 3. The van der Waals surface area contributed by atoms with Gasteiger partial charge in [0.25, 0.3) is 0 Å². The van der Waals surface area contributed by atoms with E-state index in [0.717, 1.165) is 17.7 Å². The molecule has 90 valence electrons. The smallest absolute Gasteiger partial charge is 0.396 e. The molecule has 1 rings (SSSR count). The molecule has 1 aromatic carbocycles. The lowest BCUT2D eigenvalue weighted by Crippen LogP contribution is -2.09. The lowest BCUT2D eigenvalue weighted by atomic mass is 10.0. The van der Waals surface area contributed by atoms with Crippen molar-refractivity contribution in [1.29, 1.82) is 0 Å². The zero-order chi connectivity index (χ0) is 12.2. The fourth-order valence-electron chi connectivity index (χ4n) is 1.40. The SMILES string of the molecule is CSCC(CO)c1ccc(C(F)(F)F)cc1. The highest BCUT2D eigenvalue weighted by Crippen LogP contribution is 2.30.